The van der Waals surface area contributed by atoms with Gasteiger partial charge in [0.15, 0.2) is 0 Å². The molecule has 8 nitrogen and oxygen atoms in total. The Morgan fingerprint density at radius 2 is 1.96 bits per heavy atom. The van der Waals surface area contributed by atoms with Crippen molar-refractivity contribution in [3.05, 3.63) is 0 Å². The van der Waals surface area contributed by atoms with E-state index in [1.54, 1.807) is 0 Å². The summed E-state index contributed by atoms with van der Waals surface area (Å²) < 4.78 is 36.4. The Hall–Kier alpha value is 0.950. The first-order chi connectivity index (χ1) is 10.5. The minimum Gasteiger partial charge on any atom is -0.797 e. The van der Waals surface area contributed by atoms with Crippen LogP contribution in [0, 0.1) is 0 Å². The van der Waals surface area contributed by atoms with Crippen molar-refractivity contribution in [1.29, 1.82) is 0 Å². The third-order valence-electron chi connectivity index (χ3n) is 2.83. The predicted molar refractivity (Wildman–Crippen MR) is 86.1 cm³/mol. The van der Waals surface area contributed by atoms with E-state index in [4.69, 9.17) is 30.3 Å². The van der Waals surface area contributed by atoms with Crippen LogP contribution >= 0.6 is 13.5 Å². The maximum Gasteiger partial charge on any atom is 0.116 e. The van der Waals surface area contributed by atoms with E-state index in [1.165, 1.54) is 0 Å². The number of hydrogen-bond donors (Lipinski definition) is 0. The van der Waals surface area contributed by atoms with Crippen LogP contribution in [0.1, 0.15) is 27.2 Å². The second-order valence-electron chi connectivity index (χ2n) is 5.31. The van der Waals surface area contributed by atoms with Crippen molar-refractivity contribution in [2.75, 3.05) is 19.8 Å². The van der Waals surface area contributed by atoms with Crippen LogP contribution in [-0.2, 0) is 51.7 Å². The summed E-state index contributed by atoms with van der Waals surface area (Å²) in [6.45, 7) is -2.79. The van der Waals surface area contributed by atoms with E-state index in [1.807, 2.05) is 20.8 Å². The van der Waals surface area contributed by atoms with Crippen LogP contribution in [0.4, 0.5) is 0 Å². The molecule has 1 rings (SSSR count). The molecule has 0 aromatic heterocycles. The molecular formula is C11H21O8P2S2-3. The normalized spacial score (nSPS) is 30.3. The van der Waals surface area contributed by atoms with Crippen molar-refractivity contribution in [2.45, 2.75) is 51.6 Å². The zero-order chi connectivity index (χ0) is 17.7. The van der Waals surface area contributed by atoms with Crippen molar-refractivity contribution < 1.29 is 37.4 Å². The Labute approximate surface area is 146 Å². The average molecular weight is 407 g/mol. The summed E-state index contributed by atoms with van der Waals surface area (Å²) in [6.07, 6.45) is -0.449. The minimum absolute atomic E-state index is 0.0278. The average Bonchev–Trinajstić information content (AvgIpc) is 2.70. The van der Waals surface area contributed by atoms with Gasteiger partial charge in [0.25, 0.3) is 0 Å². The highest BCUT2D eigenvalue weighted by Crippen LogP contribution is 2.44. The Bertz CT molecular complexity index is 457. The van der Waals surface area contributed by atoms with Gasteiger partial charge in [0, 0.05) is 13.2 Å². The van der Waals surface area contributed by atoms with Gasteiger partial charge in [-0.15, -0.1) is 0 Å². The Balaban J connectivity index is 2.44. The molecule has 0 spiro atoms. The zero-order valence-electron chi connectivity index (χ0n) is 13.1. The summed E-state index contributed by atoms with van der Waals surface area (Å²) in [5.74, 6) is 0. The quantitative estimate of drug-likeness (QED) is 0.290. The van der Waals surface area contributed by atoms with E-state index in [9.17, 15) is 14.4 Å². The van der Waals surface area contributed by atoms with E-state index < -0.39 is 25.7 Å². The van der Waals surface area contributed by atoms with Crippen molar-refractivity contribution in [1.82, 2.24) is 0 Å². The van der Waals surface area contributed by atoms with E-state index in [-0.39, 0.29) is 25.4 Å². The van der Waals surface area contributed by atoms with Gasteiger partial charge in [-0.25, -0.2) is 0 Å². The summed E-state index contributed by atoms with van der Waals surface area (Å²) in [4.78, 5) is 22.8. The lowest BCUT2D eigenvalue weighted by molar-refractivity contribution is -0.215. The van der Waals surface area contributed by atoms with Crippen LogP contribution in [0.15, 0.2) is 0 Å². The lowest BCUT2D eigenvalue weighted by Crippen LogP contribution is -2.31. The highest BCUT2D eigenvalue weighted by atomic mass is 32.7. The maximum atomic E-state index is 12.1. The molecule has 0 amide bonds. The summed E-state index contributed by atoms with van der Waals surface area (Å²) in [5.41, 5.74) is 0. The molecule has 1 aliphatic rings. The third-order valence-corrected chi connectivity index (χ3v) is 5.24. The smallest absolute Gasteiger partial charge is 0.116 e. The fourth-order valence-corrected chi connectivity index (χ4v) is 3.95. The standard InChI is InChI=1S/C11H24O8P2S2/c1-8(2)15-7-11-10(6-9(3)18-11)19-21(14,23)17-5-4-16-20(12,13)22/h8-11H,4-7H2,1-3H3,(H,14,23)(H2,12,13,22)/p-3/t9-,10?,11+,21?/m0/s1. The molecule has 0 N–H and O–H groups in total. The van der Waals surface area contributed by atoms with Crippen LogP contribution in [0.3, 0.4) is 0 Å². The second kappa shape index (κ2) is 9.59. The van der Waals surface area contributed by atoms with Crippen molar-refractivity contribution in [3.63, 3.8) is 0 Å². The molecule has 23 heavy (non-hydrogen) atoms. The molecule has 0 aliphatic carbocycles. The number of rotatable bonds is 10. The van der Waals surface area contributed by atoms with E-state index in [2.05, 4.69) is 16.8 Å². The van der Waals surface area contributed by atoms with Crippen LogP contribution in [-0.4, -0.2) is 44.2 Å². The molecule has 3 unspecified atom stereocenters. The van der Waals surface area contributed by atoms with Crippen molar-refractivity contribution in [2.24, 2.45) is 0 Å². The molecule has 0 saturated carbocycles. The number of ether oxygens (including phenoxy) is 2. The molecule has 12 heteroatoms. The van der Waals surface area contributed by atoms with Gasteiger partial charge >= 0.3 is 0 Å². The van der Waals surface area contributed by atoms with Crippen LogP contribution in [0.2, 0.25) is 0 Å². The highest BCUT2D eigenvalue weighted by molar-refractivity contribution is 8.31. The first-order valence-electron chi connectivity index (χ1n) is 7.06. The van der Waals surface area contributed by atoms with E-state index in [0.29, 0.717) is 13.0 Å². The predicted octanol–water partition coefficient (Wildman–Crippen LogP) is 0.607. The summed E-state index contributed by atoms with van der Waals surface area (Å²) in [5, 5.41) is 0. The molecule has 138 valence electrons. The van der Waals surface area contributed by atoms with Crippen molar-refractivity contribution in [3.8, 4) is 0 Å². The van der Waals surface area contributed by atoms with Crippen LogP contribution < -0.4 is 9.79 Å². The molecule has 0 radical (unpaired) electrons. The van der Waals surface area contributed by atoms with Gasteiger partial charge < -0.3 is 49.6 Å². The Morgan fingerprint density at radius 1 is 1.35 bits per heavy atom. The van der Waals surface area contributed by atoms with Gasteiger partial charge in [-0.2, -0.15) is 0 Å². The second-order valence-corrected chi connectivity index (χ2v) is 10.5. The molecule has 0 aromatic rings. The number of hydrogen-bond acceptors (Lipinski definition) is 10. The lowest BCUT2D eigenvalue weighted by Gasteiger charge is -2.33. The molecule has 1 saturated heterocycles. The highest BCUT2D eigenvalue weighted by Gasteiger charge is 2.35. The van der Waals surface area contributed by atoms with Crippen LogP contribution in [0.5, 0.6) is 0 Å². The maximum absolute atomic E-state index is 12.1. The molecule has 0 aromatic carbocycles. The molecule has 1 aliphatic heterocycles. The molecule has 1 fully saturated rings. The van der Waals surface area contributed by atoms with E-state index >= 15 is 0 Å². The minimum atomic E-state index is -4.26. The lowest BCUT2D eigenvalue weighted by atomic mass is 10.1. The fourth-order valence-electron chi connectivity index (χ4n) is 1.96. The zero-order valence-corrected chi connectivity index (χ0v) is 16.5. The topological polar surface area (TPSA) is 109 Å². The first-order valence-corrected chi connectivity index (χ1v) is 12.2. The Kier molecular flexibility index (Phi) is 9.17. The van der Waals surface area contributed by atoms with Crippen molar-refractivity contribution >= 4 is 37.6 Å². The first kappa shape index (κ1) is 22.0. The largest absolute Gasteiger partial charge is 0.797 e. The monoisotopic (exact) mass is 407 g/mol. The van der Waals surface area contributed by atoms with Crippen LogP contribution in [0.25, 0.3) is 0 Å². The Morgan fingerprint density at radius 3 is 2.52 bits per heavy atom. The summed E-state index contributed by atoms with van der Waals surface area (Å²) in [6, 6.07) is 0. The molecule has 1 heterocycles. The van der Waals surface area contributed by atoms with Gasteiger partial charge in [-0.05, 0) is 20.8 Å². The molecule has 0 bridgehead atoms. The molecular weight excluding hydrogens is 386 g/mol. The third kappa shape index (κ3) is 9.87. The fraction of sp³-hybridized carbons (Fsp3) is 1.00. The van der Waals surface area contributed by atoms with Gasteiger partial charge in [-0.1, -0.05) is 11.8 Å². The SMILES string of the molecule is CC(C)OC[C@H]1O[C@@H](C)CC1OP([O-])(=S)OCCOP(=O)([O-])[S-]. The summed E-state index contributed by atoms with van der Waals surface area (Å²) >= 11 is 8.85. The molecule has 5 atom stereocenters. The van der Waals surface area contributed by atoms with Gasteiger partial charge in [-0.3, -0.25) is 0 Å². The van der Waals surface area contributed by atoms with Gasteiger partial charge in [0.05, 0.1) is 38.1 Å². The summed E-state index contributed by atoms with van der Waals surface area (Å²) in [7, 11) is 0. The van der Waals surface area contributed by atoms with E-state index in [0.717, 1.165) is 0 Å². The van der Waals surface area contributed by atoms with Gasteiger partial charge in [0.2, 0.25) is 0 Å². The van der Waals surface area contributed by atoms with Gasteiger partial charge in [0.1, 0.15) is 12.8 Å².